The second-order valence-electron chi connectivity index (χ2n) is 13.6. The average molecular weight is 602 g/mol. The largest absolute Gasteiger partial charge is 0.208 e. The lowest BCUT2D eigenvalue weighted by Gasteiger charge is -2.42. The third-order valence-electron chi connectivity index (χ3n) is 9.63. The average Bonchev–Trinajstić information content (AvgIpc) is 3.45. The van der Waals surface area contributed by atoms with Crippen LogP contribution in [-0.2, 0) is 10.8 Å². The molecule has 5 aromatic carbocycles. The molecule has 45 heavy (non-hydrogen) atoms. The van der Waals surface area contributed by atoms with Crippen LogP contribution in [0, 0.1) is 0 Å². The first-order valence-electron chi connectivity index (χ1n) is 15.7. The third-order valence-corrected chi connectivity index (χ3v) is 10.8. The zero-order valence-corrected chi connectivity index (χ0v) is 27.0. The molecule has 0 unspecified atom stereocenters. The van der Waals surface area contributed by atoms with Crippen LogP contribution in [0.4, 0.5) is 0 Å². The Morgan fingerprint density at radius 3 is 1.69 bits per heavy atom. The summed E-state index contributed by atoms with van der Waals surface area (Å²) >= 11 is 1.82. The molecule has 4 heteroatoms. The minimum atomic E-state index is 0.0951. The Bertz CT molecular complexity index is 2210. The minimum Gasteiger partial charge on any atom is -0.208 e. The molecule has 220 valence electrons. The second kappa shape index (κ2) is 10.5. The van der Waals surface area contributed by atoms with Crippen LogP contribution in [0.3, 0.4) is 0 Å². The van der Waals surface area contributed by atoms with Crippen molar-refractivity contribution in [3.8, 4) is 45.3 Å². The highest BCUT2D eigenvalue weighted by molar-refractivity contribution is 7.25. The minimum absolute atomic E-state index is 0.0951. The molecule has 0 N–H and O–H groups in total. The molecule has 0 atom stereocenters. The van der Waals surface area contributed by atoms with Gasteiger partial charge in [-0.25, -0.2) is 15.0 Å². The fourth-order valence-electron chi connectivity index (χ4n) is 6.80. The van der Waals surface area contributed by atoms with E-state index in [0.717, 1.165) is 23.1 Å². The summed E-state index contributed by atoms with van der Waals surface area (Å²) in [6.07, 6.45) is 2.34. The van der Waals surface area contributed by atoms with Crippen molar-refractivity contribution in [1.82, 2.24) is 15.0 Å². The summed E-state index contributed by atoms with van der Waals surface area (Å²) < 4.78 is 2.56. The van der Waals surface area contributed by atoms with Gasteiger partial charge in [-0.3, -0.25) is 0 Å². The van der Waals surface area contributed by atoms with Crippen LogP contribution in [-0.4, -0.2) is 15.0 Å². The lowest BCUT2D eigenvalue weighted by Crippen LogP contribution is -2.33. The third kappa shape index (κ3) is 4.94. The first-order chi connectivity index (χ1) is 21.7. The number of nitrogens with zero attached hydrogens (tertiary/aromatic N) is 3. The molecular formula is C41H35N3S. The van der Waals surface area contributed by atoms with Gasteiger partial charge in [-0.05, 0) is 76.3 Å². The van der Waals surface area contributed by atoms with E-state index in [-0.39, 0.29) is 10.8 Å². The SMILES string of the molecule is CC1(C)CCC(C)(C)c2cc(-c3nc(-c4ccc(-c5ccccc5)cc4)nc(-c4ccc5sc6ccccc6c5c4)n3)ccc21. The van der Waals surface area contributed by atoms with Crippen molar-refractivity contribution in [2.45, 2.75) is 51.4 Å². The highest BCUT2D eigenvalue weighted by Gasteiger charge is 2.37. The van der Waals surface area contributed by atoms with E-state index in [1.54, 1.807) is 0 Å². The zero-order chi connectivity index (χ0) is 30.8. The van der Waals surface area contributed by atoms with Gasteiger partial charge in [0.1, 0.15) is 0 Å². The molecule has 1 aliphatic carbocycles. The van der Waals surface area contributed by atoms with Crippen LogP contribution < -0.4 is 0 Å². The zero-order valence-electron chi connectivity index (χ0n) is 26.1. The highest BCUT2D eigenvalue weighted by atomic mass is 32.1. The molecule has 0 spiro atoms. The predicted molar refractivity (Wildman–Crippen MR) is 190 cm³/mol. The number of hydrogen-bond acceptors (Lipinski definition) is 4. The lowest BCUT2D eigenvalue weighted by molar-refractivity contribution is 0.332. The van der Waals surface area contributed by atoms with Gasteiger partial charge < -0.3 is 0 Å². The summed E-state index contributed by atoms with van der Waals surface area (Å²) in [7, 11) is 0. The molecule has 0 saturated heterocycles. The number of fused-ring (bicyclic) bond motifs is 4. The van der Waals surface area contributed by atoms with Gasteiger partial charge in [0.2, 0.25) is 0 Å². The van der Waals surface area contributed by atoms with Crippen LogP contribution in [0.1, 0.15) is 51.7 Å². The van der Waals surface area contributed by atoms with E-state index in [1.165, 1.54) is 48.8 Å². The second-order valence-corrected chi connectivity index (χ2v) is 14.7. The fourth-order valence-corrected chi connectivity index (χ4v) is 7.88. The number of thiophene rings is 1. The first kappa shape index (κ1) is 27.8. The predicted octanol–water partition coefficient (Wildman–Crippen LogP) is 11.3. The summed E-state index contributed by atoms with van der Waals surface area (Å²) in [6.45, 7) is 9.46. The van der Waals surface area contributed by atoms with Gasteiger partial charge in [-0.1, -0.05) is 113 Å². The molecule has 3 nitrogen and oxygen atoms in total. The Kier molecular flexibility index (Phi) is 6.47. The molecule has 0 aliphatic heterocycles. The van der Waals surface area contributed by atoms with Crippen molar-refractivity contribution in [3.05, 3.63) is 126 Å². The molecule has 2 heterocycles. The fraction of sp³-hybridized carbons (Fsp3) is 0.195. The van der Waals surface area contributed by atoms with Gasteiger partial charge in [-0.2, -0.15) is 0 Å². The van der Waals surface area contributed by atoms with Gasteiger partial charge >= 0.3 is 0 Å². The van der Waals surface area contributed by atoms with Crippen LogP contribution in [0.5, 0.6) is 0 Å². The maximum absolute atomic E-state index is 5.15. The summed E-state index contributed by atoms with van der Waals surface area (Å²) in [6, 6.07) is 41.1. The molecule has 0 amide bonds. The van der Waals surface area contributed by atoms with E-state index in [9.17, 15) is 0 Å². The molecule has 8 rings (SSSR count). The van der Waals surface area contributed by atoms with Crippen molar-refractivity contribution >= 4 is 31.5 Å². The van der Waals surface area contributed by atoms with Gasteiger partial charge in [-0.15, -0.1) is 11.3 Å². The van der Waals surface area contributed by atoms with E-state index in [0.29, 0.717) is 17.5 Å². The Hall–Kier alpha value is -4.67. The van der Waals surface area contributed by atoms with Gasteiger partial charge in [0, 0.05) is 36.9 Å². The maximum atomic E-state index is 5.15. The monoisotopic (exact) mass is 601 g/mol. The Morgan fingerprint density at radius 1 is 0.444 bits per heavy atom. The van der Waals surface area contributed by atoms with Crippen molar-refractivity contribution in [2.75, 3.05) is 0 Å². The highest BCUT2D eigenvalue weighted by Crippen LogP contribution is 2.47. The summed E-state index contributed by atoms with van der Waals surface area (Å²) in [5, 5.41) is 2.51. The lowest BCUT2D eigenvalue weighted by atomic mass is 9.63. The maximum Gasteiger partial charge on any atom is 0.164 e. The van der Waals surface area contributed by atoms with Gasteiger partial charge in [0.05, 0.1) is 0 Å². The Balaban J connectivity index is 1.30. The molecule has 0 bridgehead atoms. The first-order valence-corrected chi connectivity index (χ1v) is 16.6. The van der Waals surface area contributed by atoms with Crippen LogP contribution in [0.15, 0.2) is 115 Å². The van der Waals surface area contributed by atoms with E-state index in [4.69, 9.17) is 15.0 Å². The van der Waals surface area contributed by atoms with Crippen LogP contribution >= 0.6 is 11.3 Å². The normalized spacial score (nSPS) is 15.3. The van der Waals surface area contributed by atoms with E-state index in [2.05, 4.69) is 137 Å². The molecule has 0 saturated carbocycles. The quantitative estimate of drug-likeness (QED) is 0.201. The van der Waals surface area contributed by atoms with Crippen molar-refractivity contribution < 1.29 is 0 Å². The van der Waals surface area contributed by atoms with Crippen LogP contribution in [0.25, 0.3) is 65.5 Å². The summed E-state index contributed by atoms with van der Waals surface area (Å²) in [4.78, 5) is 15.4. The number of hydrogen-bond donors (Lipinski definition) is 0. The van der Waals surface area contributed by atoms with E-state index < -0.39 is 0 Å². The molecular weight excluding hydrogens is 567 g/mol. The number of aromatic nitrogens is 3. The van der Waals surface area contributed by atoms with Crippen LogP contribution in [0.2, 0.25) is 0 Å². The number of rotatable bonds is 4. The molecule has 7 aromatic rings. The summed E-state index contributed by atoms with van der Waals surface area (Å²) in [5.74, 6) is 2.08. The standard InChI is InChI=1S/C41H35N3S/c1-40(2)22-23-41(3,4)34-25-30(18-20-33(34)40)39-43-37(28-16-14-27(15-17-28)26-10-6-5-7-11-26)42-38(44-39)29-19-21-36-32(24-29)31-12-8-9-13-35(31)45-36/h5-21,24-25H,22-23H2,1-4H3. The van der Waals surface area contributed by atoms with E-state index in [1.807, 2.05) is 17.4 Å². The Labute approximate surface area is 268 Å². The van der Waals surface area contributed by atoms with Crippen molar-refractivity contribution in [3.63, 3.8) is 0 Å². The van der Waals surface area contributed by atoms with Crippen molar-refractivity contribution in [2.24, 2.45) is 0 Å². The smallest absolute Gasteiger partial charge is 0.164 e. The Morgan fingerprint density at radius 2 is 0.956 bits per heavy atom. The number of benzene rings is 5. The molecule has 0 fully saturated rings. The van der Waals surface area contributed by atoms with E-state index >= 15 is 0 Å². The molecule has 0 radical (unpaired) electrons. The van der Waals surface area contributed by atoms with Gasteiger partial charge in [0.15, 0.2) is 17.5 Å². The molecule has 1 aliphatic rings. The topological polar surface area (TPSA) is 38.7 Å². The summed E-state index contributed by atoms with van der Waals surface area (Å²) in [5.41, 5.74) is 8.45. The van der Waals surface area contributed by atoms with Gasteiger partial charge in [0.25, 0.3) is 0 Å². The molecule has 2 aromatic heterocycles. The van der Waals surface area contributed by atoms with Crippen molar-refractivity contribution in [1.29, 1.82) is 0 Å².